The summed E-state index contributed by atoms with van der Waals surface area (Å²) in [6, 6.07) is -0.297. The number of hydrogen-bond acceptors (Lipinski definition) is 3. The number of carbonyl (C=O) groups excluding carboxylic acids is 1. The average molecular weight is 242 g/mol. The zero-order valence-electron chi connectivity index (χ0n) is 11.2. The minimum atomic E-state index is -0.297. The summed E-state index contributed by atoms with van der Waals surface area (Å²) < 4.78 is 5.15. The van der Waals surface area contributed by atoms with Gasteiger partial charge in [-0.1, -0.05) is 19.8 Å². The maximum absolute atomic E-state index is 12.0. The predicted molar refractivity (Wildman–Crippen MR) is 68.7 cm³/mol. The molecule has 0 bridgehead atoms. The van der Waals surface area contributed by atoms with Crippen LogP contribution in [0.2, 0.25) is 0 Å². The van der Waals surface area contributed by atoms with Crippen molar-refractivity contribution in [3.8, 4) is 0 Å². The maximum atomic E-state index is 12.0. The largest absolute Gasteiger partial charge is 0.384 e. The monoisotopic (exact) mass is 242 g/mol. The first-order valence-electron chi connectivity index (χ1n) is 6.72. The van der Waals surface area contributed by atoms with Gasteiger partial charge in [-0.3, -0.25) is 4.79 Å². The summed E-state index contributed by atoms with van der Waals surface area (Å²) in [5, 5.41) is 0. The first kappa shape index (κ1) is 14.5. The van der Waals surface area contributed by atoms with Gasteiger partial charge in [0.2, 0.25) is 5.91 Å². The molecule has 0 aromatic heterocycles. The molecule has 4 nitrogen and oxygen atoms in total. The fraction of sp³-hybridized carbons (Fsp3) is 0.923. The summed E-state index contributed by atoms with van der Waals surface area (Å²) in [6.45, 7) is 4.61. The van der Waals surface area contributed by atoms with E-state index >= 15 is 0 Å². The van der Waals surface area contributed by atoms with Gasteiger partial charge in [-0.05, 0) is 25.2 Å². The van der Waals surface area contributed by atoms with Gasteiger partial charge in [-0.15, -0.1) is 0 Å². The molecule has 17 heavy (non-hydrogen) atoms. The van der Waals surface area contributed by atoms with Crippen molar-refractivity contribution in [1.82, 2.24) is 4.90 Å². The molecule has 0 unspecified atom stereocenters. The van der Waals surface area contributed by atoms with Crippen molar-refractivity contribution in [2.45, 2.75) is 45.1 Å². The lowest BCUT2D eigenvalue weighted by atomic mass is 9.97. The Kier molecular flexibility index (Phi) is 6.52. The van der Waals surface area contributed by atoms with Crippen LogP contribution in [0.15, 0.2) is 0 Å². The third kappa shape index (κ3) is 4.64. The van der Waals surface area contributed by atoms with Crippen molar-refractivity contribution in [3.63, 3.8) is 0 Å². The fourth-order valence-electron chi connectivity index (χ4n) is 2.34. The van der Waals surface area contributed by atoms with Crippen molar-refractivity contribution in [2.24, 2.45) is 11.7 Å². The normalized spacial score (nSPS) is 19.4. The molecule has 1 saturated heterocycles. The van der Waals surface area contributed by atoms with Crippen LogP contribution in [0.4, 0.5) is 0 Å². The zero-order valence-corrected chi connectivity index (χ0v) is 11.2. The van der Waals surface area contributed by atoms with E-state index in [2.05, 4.69) is 6.92 Å². The lowest BCUT2D eigenvalue weighted by Crippen LogP contribution is -2.47. The van der Waals surface area contributed by atoms with E-state index in [1.165, 1.54) is 0 Å². The topological polar surface area (TPSA) is 55.6 Å². The van der Waals surface area contributed by atoms with Crippen molar-refractivity contribution in [3.05, 3.63) is 0 Å². The second-order valence-electron chi connectivity index (χ2n) is 4.97. The lowest BCUT2D eigenvalue weighted by molar-refractivity contribution is -0.134. The smallest absolute Gasteiger partial charge is 0.239 e. The minimum absolute atomic E-state index is 0.134. The number of carbonyl (C=O) groups is 1. The summed E-state index contributed by atoms with van der Waals surface area (Å²) >= 11 is 0. The van der Waals surface area contributed by atoms with Crippen LogP contribution in [0, 0.1) is 5.92 Å². The number of hydrogen-bond donors (Lipinski definition) is 1. The van der Waals surface area contributed by atoms with Crippen LogP contribution in [-0.4, -0.2) is 43.7 Å². The fourth-order valence-corrected chi connectivity index (χ4v) is 2.34. The summed E-state index contributed by atoms with van der Waals surface area (Å²) in [6.07, 6.45) is 5.03. The Balaban J connectivity index is 2.30. The number of ether oxygens (including phenoxy) is 1. The molecule has 1 rings (SSSR count). The molecule has 0 aliphatic carbocycles. The van der Waals surface area contributed by atoms with Crippen molar-refractivity contribution >= 4 is 5.91 Å². The quantitative estimate of drug-likeness (QED) is 0.765. The van der Waals surface area contributed by atoms with Gasteiger partial charge in [0.05, 0.1) is 6.04 Å². The first-order chi connectivity index (χ1) is 8.19. The number of amides is 1. The summed E-state index contributed by atoms with van der Waals surface area (Å²) in [7, 11) is 1.73. The van der Waals surface area contributed by atoms with Crippen LogP contribution < -0.4 is 5.73 Å². The Morgan fingerprint density at radius 3 is 2.65 bits per heavy atom. The molecule has 1 amide bonds. The summed E-state index contributed by atoms with van der Waals surface area (Å²) in [4.78, 5) is 14.0. The molecule has 1 heterocycles. The minimum Gasteiger partial charge on any atom is -0.384 e. The van der Waals surface area contributed by atoms with Crippen molar-refractivity contribution < 1.29 is 9.53 Å². The lowest BCUT2D eigenvalue weighted by Gasteiger charge is -2.33. The standard InChI is InChI=1S/C13H26N2O2/c1-3-4-5-12(14)13(16)15-8-6-11(7-9-15)10-17-2/h11-12H,3-10,14H2,1-2H3/t12-/m0/s1. The van der Waals surface area contributed by atoms with Crippen LogP contribution in [0.1, 0.15) is 39.0 Å². The molecule has 1 aliphatic rings. The van der Waals surface area contributed by atoms with E-state index in [0.717, 1.165) is 51.8 Å². The SMILES string of the molecule is CCCC[C@H](N)C(=O)N1CCC(COC)CC1. The number of rotatable bonds is 6. The molecule has 4 heteroatoms. The van der Waals surface area contributed by atoms with Crippen molar-refractivity contribution in [1.29, 1.82) is 0 Å². The van der Waals surface area contributed by atoms with Gasteiger partial charge < -0.3 is 15.4 Å². The number of nitrogens with zero attached hydrogens (tertiary/aromatic N) is 1. The van der Waals surface area contributed by atoms with Crippen LogP contribution in [0.3, 0.4) is 0 Å². The third-order valence-corrected chi connectivity index (χ3v) is 3.51. The Morgan fingerprint density at radius 1 is 1.47 bits per heavy atom. The summed E-state index contributed by atoms with van der Waals surface area (Å²) in [5.41, 5.74) is 5.91. The van der Waals surface area contributed by atoms with Gasteiger partial charge in [0.25, 0.3) is 0 Å². The Bertz CT molecular complexity index is 225. The first-order valence-corrected chi connectivity index (χ1v) is 6.72. The molecule has 0 radical (unpaired) electrons. The number of piperidine rings is 1. The van der Waals surface area contributed by atoms with E-state index in [9.17, 15) is 4.79 Å². The van der Waals surface area contributed by atoms with Crippen LogP contribution in [-0.2, 0) is 9.53 Å². The number of nitrogens with two attached hydrogens (primary N) is 1. The molecule has 2 N–H and O–H groups in total. The Labute approximate surface area is 104 Å². The van der Waals surface area contributed by atoms with Crippen LogP contribution in [0.5, 0.6) is 0 Å². The van der Waals surface area contributed by atoms with Gasteiger partial charge in [-0.25, -0.2) is 0 Å². The second-order valence-corrected chi connectivity index (χ2v) is 4.97. The summed E-state index contributed by atoms with van der Waals surface area (Å²) in [5.74, 6) is 0.741. The van der Waals surface area contributed by atoms with Gasteiger partial charge in [0.1, 0.15) is 0 Å². The molecular formula is C13H26N2O2. The molecular weight excluding hydrogens is 216 g/mol. The highest BCUT2D eigenvalue weighted by atomic mass is 16.5. The molecule has 0 aromatic carbocycles. The predicted octanol–water partition coefficient (Wildman–Crippen LogP) is 1.39. The Hall–Kier alpha value is -0.610. The number of likely N-dealkylation sites (tertiary alicyclic amines) is 1. The molecule has 1 aliphatic heterocycles. The van der Waals surface area contributed by atoms with Crippen molar-refractivity contribution in [2.75, 3.05) is 26.8 Å². The zero-order chi connectivity index (χ0) is 12.7. The van der Waals surface area contributed by atoms with E-state index in [1.807, 2.05) is 4.90 Å². The molecule has 0 aromatic rings. The highest BCUT2D eigenvalue weighted by Gasteiger charge is 2.25. The molecule has 1 atom stereocenters. The van der Waals surface area contributed by atoms with Crippen LogP contribution >= 0.6 is 0 Å². The number of unbranched alkanes of at least 4 members (excludes halogenated alkanes) is 1. The average Bonchev–Trinajstić information content (AvgIpc) is 2.36. The van der Waals surface area contributed by atoms with E-state index in [4.69, 9.17) is 10.5 Å². The van der Waals surface area contributed by atoms with E-state index in [1.54, 1.807) is 7.11 Å². The third-order valence-electron chi connectivity index (χ3n) is 3.51. The van der Waals surface area contributed by atoms with Gasteiger partial charge in [0, 0.05) is 26.8 Å². The molecule has 0 spiro atoms. The Morgan fingerprint density at radius 2 is 2.12 bits per heavy atom. The van der Waals surface area contributed by atoms with Gasteiger partial charge in [-0.2, -0.15) is 0 Å². The van der Waals surface area contributed by atoms with Gasteiger partial charge in [0.15, 0.2) is 0 Å². The van der Waals surface area contributed by atoms with Crippen LogP contribution in [0.25, 0.3) is 0 Å². The van der Waals surface area contributed by atoms with E-state index in [-0.39, 0.29) is 11.9 Å². The molecule has 0 saturated carbocycles. The van der Waals surface area contributed by atoms with Gasteiger partial charge >= 0.3 is 0 Å². The highest BCUT2D eigenvalue weighted by Crippen LogP contribution is 2.18. The van der Waals surface area contributed by atoms with E-state index in [0.29, 0.717) is 5.92 Å². The second kappa shape index (κ2) is 7.67. The molecule has 100 valence electrons. The molecule has 1 fully saturated rings. The van der Waals surface area contributed by atoms with E-state index < -0.39 is 0 Å². The highest BCUT2D eigenvalue weighted by molar-refractivity contribution is 5.81. The number of methoxy groups -OCH3 is 1. The maximum Gasteiger partial charge on any atom is 0.239 e.